The van der Waals surface area contributed by atoms with Gasteiger partial charge in [0.2, 0.25) is 0 Å². The second-order valence-electron chi connectivity index (χ2n) is 10.2. The summed E-state index contributed by atoms with van der Waals surface area (Å²) in [7, 11) is 0. The van der Waals surface area contributed by atoms with Crippen LogP contribution < -0.4 is 15.8 Å². The first-order chi connectivity index (χ1) is 20.8. The van der Waals surface area contributed by atoms with Crippen LogP contribution in [0.25, 0.3) is 22.1 Å². The van der Waals surface area contributed by atoms with Crippen LogP contribution in [0.1, 0.15) is 42.9 Å². The van der Waals surface area contributed by atoms with Crippen LogP contribution in [0.4, 0.5) is 10.5 Å². The molecule has 3 aromatic carbocycles. The molecule has 1 amide bonds. The van der Waals surface area contributed by atoms with Gasteiger partial charge in [0.1, 0.15) is 24.8 Å². The molecule has 5 rings (SSSR count). The van der Waals surface area contributed by atoms with E-state index in [9.17, 15) is 24.3 Å². The number of amides is 1. The number of nitrogens with one attached hydrogen (secondary N) is 1. The lowest BCUT2D eigenvalue weighted by atomic mass is 9.98. The lowest BCUT2D eigenvalue weighted by Gasteiger charge is -2.21. The van der Waals surface area contributed by atoms with Crippen LogP contribution in [0.15, 0.2) is 82.0 Å². The minimum atomic E-state index is -1.57. The van der Waals surface area contributed by atoms with Gasteiger partial charge in [-0.15, -0.1) is 0 Å². The zero-order chi connectivity index (χ0) is 30.5. The zero-order valence-electron chi connectivity index (χ0n) is 23.9. The van der Waals surface area contributed by atoms with Crippen molar-refractivity contribution < 1.29 is 33.4 Å². The van der Waals surface area contributed by atoms with Crippen LogP contribution in [0, 0.1) is 0 Å². The van der Waals surface area contributed by atoms with Gasteiger partial charge in [0.25, 0.3) is 0 Å². The number of rotatable bonds is 11. The number of benzene rings is 3. The van der Waals surface area contributed by atoms with E-state index < -0.39 is 36.1 Å². The first kappa shape index (κ1) is 29.4. The van der Waals surface area contributed by atoms with E-state index in [4.69, 9.17) is 13.9 Å². The lowest BCUT2D eigenvalue weighted by molar-refractivity contribution is -0.150. The monoisotopic (exact) mass is 584 g/mol. The Bertz CT molecular complexity index is 1680. The Labute approximate surface area is 247 Å². The van der Waals surface area contributed by atoms with Crippen LogP contribution in [-0.4, -0.2) is 48.9 Å². The molecule has 10 heteroatoms. The Morgan fingerprint density at radius 3 is 2.21 bits per heavy atom. The Hall–Kier alpha value is -5.12. The van der Waals surface area contributed by atoms with Crippen LogP contribution >= 0.6 is 0 Å². The van der Waals surface area contributed by atoms with Gasteiger partial charge in [0.05, 0.1) is 6.42 Å². The van der Waals surface area contributed by atoms with Crippen molar-refractivity contribution in [1.29, 1.82) is 0 Å². The number of fused-ring (bicyclic) bond motifs is 4. The van der Waals surface area contributed by atoms with Gasteiger partial charge in [-0.25, -0.2) is 14.4 Å². The summed E-state index contributed by atoms with van der Waals surface area (Å²) in [6.07, 6.45) is -1.59. The van der Waals surface area contributed by atoms with E-state index in [1.165, 1.54) is 6.07 Å². The van der Waals surface area contributed by atoms with Gasteiger partial charge in [0, 0.05) is 47.8 Å². The molecule has 0 bridgehead atoms. The van der Waals surface area contributed by atoms with E-state index >= 15 is 0 Å². The van der Waals surface area contributed by atoms with Crippen molar-refractivity contribution in [3.8, 4) is 11.1 Å². The summed E-state index contributed by atoms with van der Waals surface area (Å²) >= 11 is 0. The number of ether oxygens (including phenoxy) is 2. The summed E-state index contributed by atoms with van der Waals surface area (Å²) in [6.45, 7) is 5.31. The molecule has 0 spiro atoms. The number of carbonyl (C=O) groups is 3. The zero-order valence-corrected chi connectivity index (χ0v) is 23.9. The topological polar surface area (TPSA) is 135 Å². The van der Waals surface area contributed by atoms with Gasteiger partial charge < -0.3 is 29.2 Å². The van der Waals surface area contributed by atoms with Crippen LogP contribution in [0.5, 0.6) is 0 Å². The minimum Gasteiger partial charge on any atom is -0.480 e. The predicted octanol–water partition coefficient (Wildman–Crippen LogP) is 5.06. The Morgan fingerprint density at radius 1 is 0.930 bits per heavy atom. The Morgan fingerprint density at radius 2 is 1.58 bits per heavy atom. The van der Waals surface area contributed by atoms with Crippen LogP contribution in [-0.2, 0) is 25.7 Å². The molecular formula is C33H32N2O8. The number of aliphatic carboxylic acids is 1. The molecule has 0 unspecified atom stereocenters. The van der Waals surface area contributed by atoms with Crippen molar-refractivity contribution in [3.63, 3.8) is 0 Å². The second kappa shape index (κ2) is 12.8. The van der Waals surface area contributed by atoms with E-state index in [1.54, 1.807) is 12.1 Å². The lowest BCUT2D eigenvalue weighted by Crippen LogP contribution is -2.43. The molecule has 1 aliphatic carbocycles. The molecule has 1 aromatic heterocycles. The summed E-state index contributed by atoms with van der Waals surface area (Å²) in [5.74, 6) is -2.49. The van der Waals surface area contributed by atoms with Gasteiger partial charge in [-0.05, 0) is 48.2 Å². The second-order valence-corrected chi connectivity index (χ2v) is 10.2. The molecule has 222 valence electrons. The molecule has 2 N–H and O–H groups in total. The first-order valence-electron chi connectivity index (χ1n) is 14.1. The summed E-state index contributed by atoms with van der Waals surface area (Å²) in [6, 6.07) is 20.8. The highest BCUT2D eigenvalue weighted by atomic mass is 16.6. The summed E-state index contributed by atoms with van der Waals surface area (Å²) in [5, 5.41) is 12.5. The van der Waals surface area contributed by atoms with E-state index in [1.807, 2.05) is 68.4 Å². The molecule has 0 saturated heterocycles. The SMILES string of the molecule is CCN(CC)c1ccc2c(COC(=O)C[C@H](NC(=O)OCC3c4ccccc4-c4ccccc43)C(=O)O)cc(=O)oc2c1. The molecule has 4 aromatic rings. The molecule has 10 nitrogen and oxygen atoms in total. The number of anilines is 1. The number of carboxylic acids is 1. The predicted molar refractivity (Wildman–Crippen MR) is 160 cm³/mol. The average molecular weight is 585 g/mol. The first-order valence-corrected chi connectivity index (χ1v) is 14.1. The van der Waals surface area contributed by atoms with E-state index in [2.05, 4.69) is 10.2 Å². The maximum Gasteiger partial charge on any atom is 0.407 e. The highest BCUT2D eigenvalue weighted by Gasteiger charge is 2.30. The third-order valence-corrected chi connectivity index (χ3v) is 7.64. The molecule has 0 radical (unpaired) electrons. The third-order valence-electron chi connectivity index (χ3n) is 7.64. The van der Waals surface area contributed by atoms with Crippen molar-refractivity contribution >= 4 is 34.7 Å². The van der Waals surface area contributed by atoms with Crippen molar-refractivity contribution in [2.45, 2.75) is 38.8 Å². The molecule has 1 heterocycles. The van der Waals surface area contributed by atoms with Crippen molar-refractivity contribution in [3.05, 3.63) is 99.9 Å². The van der Waals surface area contributed by atoms with Gasteiger partial charge >= 0.3 is 23.7 Å². The van der Waals surface area contributed by atoms with Crippen molar-refractivity contribution in [2.24, 2.45) is 0 Å². The fourth-order valence-electron chi connectivity index (χ4n) is 5.49. The molecule has 1 atom stereocenters. The highest BCUT2D eigenvalue weighted by Crippen LogP contribution is 2.44. The largest absolute Gasteiger partial charge is 0.480 e. The number of carboxylic acid groups (broad SMARTS) is 1. The van der Waals surface area contributed by atoms with Gasteiger partial charge in [-0.3, -0.25) is 4.79 Å². The number of alkyl carbamates (subject to hydrolysis) is 1. The highest BCUT2D eigenvalue weighted by molar-refractivity contribution is 5.86. The molecule has 0 saturated carbocycles. The molecule has 1 aliphatic rings. The average Bonchev–Trinajstić information content (AvgIpc) is 3.32. The van der Waals surface area contributed by atoms with Gasteiger partial charge in [-0.1, -0.05) is 48.5 Å². The van der Waals surface area contributed by atoms with E-state index in [-0.39, 0.29) is 19.1 Å². The molecule has 0 fully saturated rings. The Kier molecular flexibility index (Phi) is 8.75. The smallest absolute Gasteiger partial charge is 0.407 e. The minimum absolute atomic E-state index is 0.00368. The van der Waals surface area contributed by atoms with Gasteiger partial charge in [-0.2, -0.15) is 0 Å². The summed E-state index contributed by atoms with van der Waals surface area (Å²) in [5.41, 5.74) is 5.21. The number of hydrogen-bond donors (Lipinski definition) is 2. The molecule has 43 heavy (non-hydrogen) atoms. The fourth-order valence-corrected chi connectivity index (χ4v) is 5.49. The number of esters is 1. The normalized spacial score (nSPS) is 12.7. The maximum atomic E-state index is 12.6. The molecular weight excluding hydrogens is 552 g/mol. The van der Waals surface area contributed by atoms with E-state index in [0.29, 0.717) is 16.5 Å². The summed E-state index contributed by atoms with van der Waals surface area (Å²) < 4.78 is 16.1. The molecule has 0 aliphatic heterocycles. The quantitative estimate of drug-likeness (QED) is 0.183. The summed E-state index contributed by atoms with van der Waals surface area (Å²) in [4.78, 5) is 51.4. The van der Waals surface area contributed by atoms with E-state index in [0.717, 1.165) is 41.0 Å². The number of hydrogen-bond acceptors (Lipinski definition) is 8. The Balaban J connectivity index is 1.20. The van der Waals surface area contributed by atoms with Crippen molar-refractivity contribution in [2.75, 3.05) is 24.6 Å². The van der Waals surface area contributed by atoms with Crippen molar-refractivity contribution in [1.82, 2.24) is 5.32 Å². The number of nitrogens with zero attached hydrogens (tertiary/aromatic N) is 1. The fraction of sp³-hybridized carbons (Fsp3) is 0.273. The standard InChI is InChI=1S/C33H32N2O8/c1-3-35(4-2)21-13-14-22-20(15-31(37)43-29(22)16-21)18-41-30(36)17-28(32(38)39)34-33(40)42-19-27-25-11-7-5-9-23(25)24-10-6-8-12-26(24)27/h5-16,27-28H,3-4,17-19H2,1-2H3,(H,34,40)(H,38,39)/t28-/m0/s1. The van der Waals surface area contributed by atoms with Crippen LogP contribution in [0.2, 0.25) is 0 Å². The van der Waals surface area contributed by atoms with Gasteiger partial charge in [0.15, 0.2) is 0 Å². The van der Waals surface area contributed by atoms with Crippen LogP contribution in [0.3, 0.4) is 0 Å². The maximum absolute atomic E-state index is 12.6. The number of carbonyl (C=O) groups excluding carboxylic acids is 2. The third kappa shape index (κ3) is 6.38.